The highest BCUT2D eigenvalue weighted by atomic mass is 16.5. The van der Waals surface area contributed by atoms with Gasteiger partial charge in [0.15, 0.2) is 0 Å². The lowest BCUT2D eigenvalue weighted by atomic mass is 10.0. The lowest BCUT2D eigenvalue weighted by molar-refractivity contribution is 0.0746. The Labute approximate surface area is 151 Å². The Bertz CT molecular complexity index is 964. The van der Waals surface area contributed by atoms with Gasteiger partial charge in [0.2, 0.25) is 0 Å². The van der Waals surface area contributed by atoms with Crippen molar-refractivity contribution in [2.75, 3.05) is 19.1 Å². The SMILES string of the molecule is COc1cccc(CN2CNc3cc(-c4cnoc4C)ccc3C2=O)c1. The second-order valence-corrected chi connectivity index (χ2v) is 6.25. The van der Waals surface area contributed by atoms with Crippen LogP contribution in [-0.2, 0) is 6.54 Å². The molecule has 0 aliphatic carbocycles. The van der Waals surface area contributed by atoms with E-state index in [1.165, 1.54) is 0 Å². The number of hydrogen-bond acceptors (Lipinski definition) is 5. The maximum Gasteiger partial charge on any atom is 0.257 e. The first-order valence-electron chi connectivity index (χ1n) is 8.37. The number of rotatable bonds is 4. The lowest BCUT2D eigenvalue weighted by Gasteiger charge is -2.30. The summed E-state index contributed by atoms with van der Waals surface area (Å²) in [5.41, 5.74) is 4.43. The maximum atomic E-state index is 12.9. The predicted molar refractivity (Wildman–Crippen MR) is 98.0 cm³/mol. The van der Waals surface area contributed by atoms with Crippen LogP contribution in [0, 0.1) is 6.92 Å². The van der Waals surface area contributed by atoms with Crippen LogP contribution in [0.2, 0.25) is 0 Å². The van der Waals surface area contributed by atoms with Crippen molar-refractivity contribution >= 4 is 11.6 Å². The molecule has 0 unspecified atom stereocenters. The number of benzene rings is 2. The van der Waals surface area contributed by atoms with E-state index in [1.807, 2.05) is 49.4 Å². The van der Waals surface area contributed by atoms with Crippen molar-refractivity contribution in [3.63, 3.8) is 0 Å². The Balaban J connectivity index is 1.58. The van der Waals surface area contributed by atoms with Gasteiger partial charge in [-0.25, -0.2) is 0 Å². The first kappa shape index (κ1) is 16.2. The molecule has 6 heteroatoms. The van der Waals surface area contributed by atoms with Crippen molar-refractivity contribution < 1.29 is 14.1 Å². The van der Waals surface area contributed by atoms with Crippen molar-refractivity contribution in [1.29, 1.82) is 0 Å². The average molecular weight is 349 g/mol. The number of ether oxygens (including phenoxy) is 1. The van der Waals surface area contributed by atoms with Crippen LogP contribution in [0.1, 0.15) is 21.7 Å². The first-order valence-corrected chi connectivity index (χ1v) is 8.37. The summed E-state index contributed by atoms with van der Waals surface area (Å²) in [5.74, 6) is 1.55. The lowest BCUT2D eigenvalue weighted by Crippen LogP contribution is -2.39. The van der Waals surface area contributed by atoms with Gasteiger partial charge in [0, 0.05) is 17.8 Å². The topological polar surface area (TPSA) is 67.6 Å². The number of carbonyl (C=O) groups is 1. The second kappa shape index (κ2) is 6.55. The Kier molecular flexibility index (Phi) is 4.08. The zero-order chi connectivity index (χ0) is 18.1. The zero-order valence-electron chi connectivity index (χ0n) is 14.7. The van der Waals surface area contributed by atoms with E-state index in [1.54, 1.807) is 18.2 Å². The van der Waals surface area contributed by atoms with Gasteiger partial charge in [-0.2, -0.15) is 0 Å². The van der Waals surface area contributed by atoms with E-state index >= 15 is 0 Å². The fraction of sp³-hybridized carbons (Fsp3) is 0.200. The molecule has 4 rings (SSSR count). The van der Waals surface area contributed by atoms with Crippen molar-refractivity contribution in [3.05, 3.63) is 65.5 Å². The molecule has 0 saturated heterocycles. The molecule has 0 atom stereocenters. The number of nitrogens with zero attached hydrogens (tertiary/aromatic N) is 2. The standard InChI is InChI=1S/C20H19N3O3/c1-13-18(10-22-26-13)15-6-7-17-19(9-15)21-12-23(20(17)24)11-14-4-3-5-16(8-14)25-2/h3-10,21H,11-12H2,1-2H3. The summed E-state index contributed by atoms with van der Waals surface area (Å²) in [4.78, 5) is 14.6. The minimum absolute atomic E-state index is 0.00941. The van der Waals surface area contributed by atoms with Crippen LogP contribution in [0.3, 0.4) is 0 Å². The van der Waals surface area contributed by atoms with E-state index in [-0.39, 0.29) is 5.91 Å². The highest BCUT2D eigenvalue weighted by molar-refractivity contribution is 6.02. The molecule has 132 valence electrons. The Morgan fingerprint density at radius 1 is 1.23 bits per heavy atom. The molecule has 2 aromatic carbocycles. The monoisotopic (exact) mass is 349 g/mol. The van der Waals surface area contributed by atoms with Crippen LogP contribution >= 0.6 is 0 Å². The van der Waals surface area contributed by atoms with Crippen LogP contribution in [0.15, 0.2) is 53.2 Å². The molecule has 0 saturated carbocycles. The number of methoxy groups -OCH3 is 1. The minimum atomic E-state index is 0.00941. The third-order valence-corrected chi connectivity index (χ3v) is 4.57. The van der Waals surface area contributed by atoms with Crippen LogP contribution in [0.25, 0.3) is 11.1 Å². The van der Waals surface area contributed by atoms with Crippen molar-refractivity contribution in [2.45, 2.75) is 13.5 Å². The number of carbonyl (C=O) groups excluding carboxylic acids is 1. The number of aromatic nitrogens is 1. The van der Waals surface area contributed by atoms with Crippen LogP contribution in [0.5, 0.6) is 5.75 Å². The summed E-state index contributed by atoms with van der Waals surface area (Å²) in [5, 5.41) is 7.15. The van der Waals surface area contributed by atoms with E-state index in [2.05, 4.69) is 10.5 Å². The molecule has 1 N–H and O–H groups in total. The van der Waals surface area contributed by atoms with Crippen molar-refractivity contribution in [3.8, 4) is 16.9 Å². The smallest absolute Gasteiger partial charge is 0.257 e. The first-order chi connectivity index (χ1) is 12.7. The fourth-order valence-electron chi connectivity index (χ4n) is 3.16. The van der Waals surface area contributed by atoms with Crippen LogP contribution in [-0.4, -0.2) is 29.7 Å². The van der Waals surface area contributed by atoms with Crippen LogP contribution < -0.4 is 10.1 Å². The number of aryl methyl sites for hydroxylation is 1. The molecule has 26 heavy (non-hydrogen) atoms. The molecule has 0 bridgehead atoms. The summed E-state index contributed by atoms with van der Waals surface area (Å²) in [6, 6.07) is 13.5. The molecular formula is C20H19N3O3. The van der Waals surface area contributed by atoms with Gasteiger partial charge in [-0.1, -0.05) is 23.4 Å². The van der Waals surface area contributed by atoms with Gasteiger partial charge in [0.1, 0.15) is 11.5 Å². The van der Waals surface area contributed by atoms with Gasteiger partial charge in [-0.15, -0.1) is 0 Å². The van der Waals surface area contributed by atoms with Gasteiger partial charge in [-0.3, -0.25) is 4.79 Å². The van der Waals surface area contributed by atoms with Crippen molar-refractivity contribution in [1.82, 2.24) is 10.1 Å². The summed E-state index contributed by atoms with van der Waals surface area (Å²) in [6.45, 7) is 2.85. The number of fused-ring (bicyclic) bond motifs is 1. The Hall–Kier alpha value is -3.28. The summed E-state index contributed by atoms with van der Waals surface area (Å²) in [7, 11) is 1.64. The number of amides is 1. The van der Waals surface area contributed by atoms with Crippen molar-refractivity contribution in [2.24, 2.45) is 0 Å². The van der Waals surface area contributed by atoms with E-state index < -0.39 is 0 Å². The molecule has 1 aliphatic heterocycles. The molecule has 0 spiro atoms. The zero-order valence-corrected chi connectivity index (χ0v) is 14.7. The molecule has 0 radical (unpaired) electrons. The highest BCUT2D eigenvalue weighted by Gasteiger charge is 2.24. The highest BCUT2D eigenvalue weighted by Crippen LogP contribution is 2.31. The average Bonchev–Trinajstić information content (AvgIpc) is 3.10. The number of nitrogens with one attached hydrogen (secondary N) is 1. The third kappa shape index (κ3) is 2.90. The number of anilines is 1. The number of hydrogen-bond donors (Lipinski definition) is 1. The molecular weight excluding hydrogens is 330 g/mol. The van der Waals surface area contributed by atoms with Gasteiger partial charge in [0.25, 0.3) is 5.91 Å². The summed E-state index contributed by atoms with van der Waals surface area (Å²) >= 11 is 0. The molecule has 1 amide bonds. The largest absolute Gasteiger partial charge is 0.497 e. The molecule has 2 heterocycles. The quantitative estimate of drug-likeness (QED) is 0.778. The Morgan fingerprint density at radius 2 is 2.12 bits per heavy atom. The molecule has 6 nitrogen and oxygen atoms in total. The van der Waals surface area contributed by atoms with Crippen LogP contribution in [0.4, 0.5) is 5.69 Å². The van der Waals surface area contributed by atoms with Gasteiger partial charge in [-0.05, 0) is 42.3 Å². The van der Waals surface area contributed by atoms with Gasteiger partial charge < -0.3 is 19.5 Å². The van der Waals surface area contributed by atoms with Gasteiger partial charge >= 0.3 is 0 Å². The molecule has 1 aliphatic rings. The molecule has 1 aromatic heterocycles. The predicted octanol–water partition coefficient (Wildman–Crippen LogP) is 3.68. The maximum absolute atomic E-state index is 12.9. The molecule has 0 fully saturated rings. The minimum Gasteiger partial charge on any atom is -0.497 e. The van der Waals surface area contributed by atoms with E-state index in [0.29, 0.717) is 18.8 Å². The Morgan fingerprint density at radius 3 is 2.88 bits per heavy atom. The van der Waals surface area contributed by atoms with E-state index in [4.69, 9.17) is 9.26 Å². The normalized spacial score (nSPS) is 13.3. The summed E-state index contributed by atoms with van der Waals surface area (Å²) < 4.78 is 10.4. The summed E-state index contributed by atoms with van der Waals surface area (Å²) in [6.07, 6.45) is 1.69. The second-order valence-electron chi connectivity index (χ2n) is 6.25. The van der Waals surface area contributed by atoms with E-state index in [9.17, 15) is 4.79 Å². The molecule has 3 aromatic rings. The van der Waals surface area contributed by atoms with Gasteiger partial charge in [0.05, 0.1) is 25.5 Å². The van der Waals surface area contributed by atoms with E-state index in [0.717, 1.165) is 33.9 Å². The fourth-order valence-corrected chi connectivity index (χ4v) is 3.16. The third-order valence-electron chi connectivity index (χ3n) is 4.57.